The lowest BCUT2D eigenvalue weighted by Crippen LogP contribution is -2.41. The van der Waals surface area contributed by atoms with Gasteiger partial charge in [-0.1, -0.05) is 13.3 Å². The lowest BCUT2D eigenvalue weighted by Gasteiger charge is -2.32. The van der Waals surface area contributed by atoms with Gasteiger partial charge in [0.25, 0.3) is 0 Å². The molecule has 0 aromatic rings. The number of amides is 1. The molecular weight excluding hydrogens is 204 g/mol. The third-order valence-corrected chi connectivity index (χ3v) is 3.54. The van der Waals surface area contributed by atoms with E-state index in [4.69, 9.17) is 10.5 Å². The first kappa shape index (κ1) is 13.5. The van der Waals surface area contributed by atoms with Gasteiger partial charge in [0.05, 0.1) is 12.5 Å². The SMILES string of the molecule is CCC1CCN(C(=O)CC(CN)OC)CC1. The van der Waals surface area contributed by atoms with Gasteiger partial charge in [0.2, 0.25) is 5.91 Å². The van der Waals surface area contributed by atoms with Gasteiger partial charge in [-0.15, -0.1) is 0 Å². The largest absolute Gasteiger partial charge is 0.380 e. The Kier molecular flexibility index (Phi) is 5.77. The fourth-order valence-electron chi connectivity index (χ4n) is 2.18. The molecule has 1 amide bonds. The molecule has 1 fully saturated rings. The molecular formula is C12H24N2O2. The summed E-state index contributed by atoms with van der Waals surface area (Å²) in [5.74, 6) is 0.989. The first-order valence-electron chi connectivity index (χ1n) is 6.21. The molecule has 16 heavy (non-hydrogen) atoms. The monoisotopic (exact) mass is 228 g/mol. The van der Waals surface area contributed by atoms with Crippen molar-refractivity contribution in [3.8, 4) is 0 Å². The molecule has 1 heterocycles. The molecule has 0 saturated carbocycles. The summed E-state index contributed by atoms with van der Waals surface area (Å²) in [5.41, 5.74) is 5.51. The number of rotatable bonds is 5. The molecule has 4 nitrogen and oxygen atoms in total. The fraction of sp³-hybridized carbons (Fsp3) is 0.917. The van der Waals surface area contributed by atoms with Crippen LogP contribution in [0.15, 0.2) is 0 Å². The van der Waals surface area contributed by atoms with Crippen LogP contribution in [0.25, 0.3) is 0 Å². The summed E-state index contributed by atoms with van der Waals surface area (Å²) < 4.78 is 5.13. The van der Waals surface area contributed by atoms with Crippen LogP contribution in [0.1, 0.15) is 32.6 Å². The van der Waals surface area contributed by atoms with Gasteiger partial charge in [-0.25, -0.2) is 0 Å². The highest BCUT2D eigenvalue weighted by Gasteiger charge is 2.23. The Bertz CT molecular complexity index is 209. The molecule has 1 aliphatic heterocycles. The number of likely N-dealkylation sites (tertiary alicyclic amines) is 1. The normalized spacial score (nSPS) is 19.8. The third kappa shape index (κ3) is 3.76. The van der Waals surface area contributed by atoms with Gasteiger partial charge in [-0.05, 0) is 18.8 Å². The standard InChI is InChI=1S/C12H24N2O2/c1-3-10-4-6-14(7-5-10)12(15)8-11(9-13)16-2/h10-11H,3-9,13H2,1-2H3. The van der Waals surface area contributed by atoms with Crippen molar-refractivity contribution in [2.75, 3.05) is 26.7 Å². The molecule has 0 spiro atoms. The van der Waals surface area contributed by atoms with Gasteiger partial charge >= 0.3 is 0 Å². The zero-order chi connectivity index (χ0) is 12.0. The minimum atomic E-state index is -0.128. The maximum absolute atomic E-state index is 11.9. The van der Waals surface area contributed by atoms with Crippen LogP contribution < -0.4 is 5.73 Å². The number of ether oxygens (including phenoxy) is 1. The Hall–Kier alpha value is -0.610. The summed E-state index contributed by atoms with van der Waals surface area (Å²) in [7, 11) is 1.61. The summed E-state index contributed by atoms with van der Waals surface area (Å²) in [6.07, 6.45) is 3.80. The van der Waals surface area contributed by atoms with E-state index in [2.05, 4.69) is 6.92 Å². The van der Waals surface area contributed by atoms with E-state index in [-0.39, 0.29) is 12.0 Å². The summed E-state index contributed by atoms with van der Waals surface area (Å²) in [6.45, 7) is 4.43. The molecule has 0 aliphatic carbocycles. The molecule has 1 rings (SSSR count). The van der Waals surface area contributed by atoms with Crippen LogP contribution in [0, 0.1) is 5.92 Å². The molecule has 1 atom stereocenters. The number of carbonyl (C=O) groups is 1. The van der Waals surface area contributed by atoms with Gasteiger partial charge in [0.1, 0.15) is 0 Å². The second-order valence-electron chi connectivity index (χ2n) is 4.53. The van der Waals surface area contributed by atoms with E-state index >= 15 is 0 Å². The molecule has 0 aromatic carbocycles. The Labute approximate surface area is 98.1 Å². The van der Waals surface area contributed by atoms with Gasteiger partial charge in [-0.2, -0.15) is 0 Å². The quantitative estimate of drug-likeness (QED) is 0.763. The van der Waals surface area contributed by atoms with Crippen molar-refractivity contribution < 1.29 is 9.53 Å². The molecule has 4 heteroatoms. The Balaban J connectivity index is 2.32. The lowest BCUT2D eigenvalue weighted by atomic mass is 9.94. The second kappa shape index (κ2) is 6.86. The zero-order valence-corrected chi connectivity index (χ0v) is 10.4. The maximum atomic E-state index is 11.9. The molecule has 1 aliphatic rings. The molecule has 1 unspecified atom stereocenters. The fourth-order valence-corrected chi connectivity index (χ4v) is 2.18. The van der Waals surface area contributed by atoms with Crippen LogP contribution in [0.3, 0.4) is 0 Å². The summed E-state index contributed by atoms with van der Waals surface area (Å²) in [6, 6.07) is 0. The van der Waals surface area contributed by atoms with E-state index in [0.29, 0.717) is 13.0 Å². The van der Waals surface area contributed by atoms with Crippen LogP contribution in [0.5, 0.6) is 0 Å². The Morgan fingerprint density at radius 1 is 1.50 bits per heavy atom. The third-order valence-electron chi connectivity index (χ3n) is 3.54. The highest BCUT2D eigenvalue weighted by molar-refractivity contribution is 5.76. The molecule has 94 valence electrons. The van der Waals surface area contributed by atoms with Gasteiger partial charge in [-0.3, -0.25) is 4.79 Å². The van der Waals surface area contributed by atoms with Gasteiger partial charge in [0.15, 0.2) is 0 Å². The van der Waals surface area contributed by atoms with Crippen LogP contribution in [-0.4, -0.2) is 43.7 Å². The molecule has 2 N–H and O–H groups in total. The first-order chi connectivity index (χ1) is 7.71. The average molecular weight is 228 g/mol. The molecule has 1 saturated heterocycles. The van der Waals surface area contributed by atoms with Crippen molar-refractivity contribution >= 4 is 5.91 Å². The average Bonchev–Trinajstić information content (AvgIpc) is 2.35. The number of hydrogen-bond donors (Lipinski definition) is 1. The van der Waals surface area contributed by atoms with Crippen molar-refractivity contribution in [1.29, 1.82) is 0 Å². The van der Waals surface area contributed by atoms with E-state index < -0.39 is 0 Å². The minimum Gasteiger partial charge on any atom is -0.380 e. The number of nitrogens with zero attached hydrogens (tertiary/aromatic N) is 1. The lowest BCUT2D eigenvalue weighted by molar-refractivity contribution is -0.135. The molecule has 0 bridgehead atoms. The van der Waals surface area contributed by atoms with Crippen molar-refractivity contribution in [1.82, 2.24) is 4.90 Å². The minimum absolute atomic E-state index is 0.128. The van der Waals surface area contributed by atoms with Crippen molar-refractivity contribution in [2.45, 2.75) is 38.7 Å². The van der Waals surface area contributed by atoms with Crippen molar-refractivity contribution in [3.05, 3.63) is 0 Å². The number of hydrogen-bond acceptors (Lipinski definition) is 3. The maximum Gasteiger partial charge on any atom is 0.225 e. The Morgan fingerprint density at radius 3 is 2.56 bits per heavy atom. The summed E-state index contributed by atoms with van der Waals surface area (Å²) in [4.78, 5) is 13.9. The van der Waals surface area contributed by atoms with Crippen LogP contribution >= 0.6 is 0 Å². The number of piperidine rings is 1. The van der Waals surface area contributed by atoms with Gasteiger partial charge in [0, 0.05) is 26.7 Å². The number of methoxy groups -OCH3 is 1. The van der Waals surface area contributed by atoms with Gasteiger partial charge < -0.3 is 15.4 Å². The highest BCUT2D eigenvalue weighted by Crippen LogP contribution is 2.20. The van der Waals surface area contributed by atoms with Crippen LogP contribution in [-0.2, 0) is 9.53 Å². The summed E-state index contributed by atoms with van der Waals surface area (Å²) in [5, 5.41) is 0. The van der Waals surface area contributed by atoms with E-state index in [1.807, 2.05) is 4.90 Å². The molecule has 0 aromatic heterocycles. The smallest absolute Gasteiger partial charge is 0.225 e. The van der Waals surface area contributed by atoms with Crippen molar-refractivity contribution in [2.24, 2.45) is 11.7 Å². The summed E-state index contributed by atoms with van der Waals surface area (Å²) >= 11 is 0. The number of carbonyl (C=O) groups excluding carboxylic acids is 1. The topological polar surface area (TPSA) is 55.6 Å². The van der Waals surface area contributed by atoms with Crippen LogP contribution in [0.2, 0.25) is 0 Å². The first-order valence-corrected chi connectivity index (χ1v) is 6.21. The van der Waals surface area contributed by atoms with E-state index in [1.54, 1.807) is 7.11 Å². The van der Waals surface area contributed by atoms with E-state index in [9.17, 15) is 4.79 Å². The number of nitrogens with two attached hydrogens (primary N) is 1. The predicted octanol–water partition coefficient (Wildman–Crippen LogP) is 0.999. The predicted molar refractivity (Wildman–Crippen MR) is 64.1 cm³/mol. The molecule has 0 radical (unpaired) electrons. The van der Waals surface area contributed by atoms with Crippen molar-refractivity contribution in [3.63, 3.8) is 0 Å². The Morgan fingerprint density at radius 2 is 2.12 bits per heavy atom. The zero-order valence-electron chi connectivity index (χ0n) is 10.4. The van der Waals surface area contributed by atoms with Crippen LogP contribution in [0.4, 0.5) is 0 Å². The van der Waals surface area contributed by atoms with E-state index in [0.717, 1.165) is 31.8 Å². The van der Waals surface area contributed by atoms with E-state index in [1.165, 1.54) is 6.42 Å². The highest BCUT2D eigenvalue weighted by atomic mass is 16.5. The second-order valence-corrected chi connectivity index (χ2v) is 4.53.